The molecule has 2 aliphatic rings. The summed E-state index contributed by atoms with van der Waals surface area (Å²) in [6, 6.07) is 9.81. The highest BCUT2D eigenvalue weighted by Crippen LogP contribution is 2.37. The van der Waals surface area contributed by atoms with Crippen molar-refractivity contribution in [1.29, 1.82) is 0 Å². The van der Waals surface area contributed by atoms with Crippen LogP contribution in [0, 0.1) is 0 Å². The van der Waals surface area contributed by atoms with Gasteiger partial charge in [0.1, 0.15) is 0 Å². The number of carbonyl (C=O) groups excluding carboxylic acids is 1. The first-order chi connectivity index (χ1) is 14.3. The van der Waals surface area contributed by atoms with Gasteiger partial charge in [0.15, 0.2) is 5.13 Å². The summed E-state index contributed by atoms with van der Waals surface area (Å²) in [5.74, 6) is -0.0825. The summed E-state index contributed by atoms with van der Waals surface area (Å²) >= 11 is 1.35. The molecule has 2 aliphatic heterocycles. The number of amides is 1. The lowest BCUT2D eigenvalue weighted by Crippen LogP contribution is -2.44. The van der Waals surface area contributed by atoms with Crippen LogP contribution >= 0.6 is 11.3 Å². The van der Waals surface area contributed by atoms with Crippen molar-refractivity contribution in [3.05, 3.63) is 46.5 Å². The minimum atomic E-state index is -3.48. The third-order valence-corrected chi connectivity index (χ3v) is 8.70. The Kier molecular flexibility index (Phi) is 5.95. The van der Waals surface area contributed by atoms with Gasteiger partial charge in [-0.05, 0) is 18.4 Å². The second kappa shape index (κ2) is 8.35. The highest BCUT2D eigenvalue weighted by Gasteiger charge is 2.42. The number of ether oxygens (including phenoxy) is 1. The first-order valence-electron chi connectivity index (χ1n) is 9.94. The molecule has 10 heteroatoms. The van der Waals surface area contributed by atoms with Crippen LogP contribution < -0.4 is 5.32 Å². The fourth-order valence-corrected chi connectivity index (χ4v) is 6.17. The zero-order valence-corrected chi connectivity index (χ0v) is 18.8. The fourth-order valence-electron chi connectivity index (χ4n) is 3.99. The second-order valence-corrected chi connectivity index (χ2v) is 11.0. The molecule has 30 heavy (non-hydrogen) atoms. The number of anilines is 1. The third-order valence-electron chi connectivity index (χ3n) is 5.81. The molecule has 1 saturated heterocycles. The quantitative estimate of drug-likeness (QED) is 0.752. The summed E-state index contributed by atoms with van der Waals surface area (Å²) in [6.45, 7) is 1.74. The predicted molar refractivity (Wildman–Crippen MR) is 116 cm³/mol. The summed E-state index contributed by atoms with van der Waals surface area (Å²) in [6.07, 6.45) is 1.76. The molecule has 1 fully saturated rings. The fraction of sp³-hybridized carbons (Fsp3) is 0.500. The second-order valence-electron chi connectivity index (χ2n) is 7.78. The first kappa shape index (κ1) is 21.4. The lowest BCUT2D eigenvalue weighted by molar-refractivity contribution is -0.125. The van der Waals surface area contributed by atoms with Crippen molar-refractivity contribution in [2.45, 2.75) is 31.2 Å². The van der Waals surface area contributed by atoms with E-state index in [-0.39, 0.29) is 12.5 Å². The molecule has 1 N–H and O–H groups in total. The smallest absolute Gasteiger partial charge is 0.281 e. The highest BCUT2D eigenvalue weighted by atomic mass is 32.2. The van der Waals surface area contributed by atoms with E-state index in [0.29, 0.717) is 44.2 Å². The maximum atomic E-state index is 13.4. The number of rotatable bonds is 5. The van der Waals surface area contributed by atoms with Crippen LogP contribution in [0.25, 0.3) is 0 Å². The van der Waals surface area contributed by atoms with Gasteiger partial charge >= 0.3 is 0 Å². The lowest BCUT2D eigenvalue weighted by Gasteiger charge is -2.35. The number of aromatic nitrogens is 1. The molecule has 0 saturated carbocycles. The number of nitrogens with one attached hydrogen (secondary N) is 1. The average Bonchev–Trinajstić information content (AvgIpc) is 3.16. The number of fused-ring (bicyclic) bond motifs is 1. The van der Waals surface area contributed by atoms with Crippen molar-refractivity contribution in [1.82, 2.24) is 13.6 Å². The Morgan fingerprint density at radius 1 is 1.23 bits per heavy atom. The van der Waals surface area contributed by atoms with Crippen LogP contribution in [-0.2, 0) is 38.1 Å². The van der Waals surface area contributed by atoms with Crippen molar-refractivity contribution < 1.29 is 17.9 Å². The maximum Gasteiger partial charge on any atom is 0.281 e. The van der Waals surface area contributed by atoms with E-state index in [1.54, 1.807) is 0 Å². The van der Waals surface area contributed by atoms with Crippen molar-refractivity contribution in [3.63, 3.8) is 0 Å². The lowest BCUT2D eigenvalue weighted by atomic mass is 9.73. The minimum Gasteiger partial charge on any atom is -0.381 e. The number of benzene rings is 1. The topological polar surface area (TPSA) is 91.8 Å². The van der Waals surface area contributed by atoms with Gasteiger partial charge in [-0.15, -0.1) is 11.3 Å². The van der Waals surface area contributed by atoms with Crippen molar-refractivity contribution in [3.8, 4) is 0 Å². The van der Waals surface area contributed by atoms with E-state index in [4.69, 9.17) is 4.74 Å². The summed E-state index contributed by atoms with van der Waals surface area (Å²) in [5.41, 5.74) is 1.20. The van der Waals surface area contributed by atoms with Gasteiger partial charge < -0.3 is 10.1 Å². The van der Waals surface area contributed by atoms with Gasteiger partial charge in [0.25, 0.3) is 10.2 Å². The molecule has 0 spiro atoms. The Morgan fingerprint density at radius 3 is 2.60 bits per heavy atom. The molecule has 162 valence electrons. The molecule has 1 aromatic heterocycles. The summed E-state index contributed by atoms with van der Waals surface area (Å²) in [7, 11) is -0.419. The van der Waals surface area contributed by atoms with Crippen molar-refractivity contribution in [2.24, 2.45) is 0 Å². The molecule has 0 radical (unpaired) electrons. The zero-order valence-electron chi connectivity index (χ0n) is 17.1. The van der Waals surface area contributed by atoms with E-state index in [0.717, 1.165) is 16.1 Å². The van der Waals surface area contributed by atoms with Crippen molar-refractivity contribution >= 4 is 32.6 Å². The van der Waals surface area contributed by atoms with E-state index in [1.165, 1.54) is 34.0 Å². The third kappa shape index (κ3) is 3.90. The largest absolute Gasteiger partial charge is 0.381 e. The number of hydrogen-bond donors (Lipinski definition) is 1. The SMILES string of the molecule is CN(C)S(=O)(=O)N1CCc2nc(NC(=O)C3(c4ccccc4)CCOCC3)sc2C1. The Bertz CT molecular complexity index is 1010. The molecule has 8 nitrogen and oxygen atoms in total. The van der Waals surface area contributed by atoms with E-state index in [2.05, 4.69) is 10.3 Å². The first-order valence-corrected chi connectivity index (χ1v) is 12.2. The van der Waals surface area contributed by atoms with Gasteiger partial charge in [0.05, 0.1) is 17.7 Å². The Labute approximate surface area is 181 Å². The molecule has 0 aliphatic carbocycles. The van der Waals surface area contributed by atoms with E-state index in [1.807, 2.05) is 30.3 Å². The Hall–Kier alpha value is -1.85. The van der Waals surface area contributed by atoms with Gasteiger partial charge in [-0.1, -0.05) is 30.3 Å². The molecule has 1 aromatic carbocycles. The van der Waals surface area contributed by atoms with Crippen LogP contribution in [0.3, 0.4) is 0 Å². The highest BCUT2D eigenvalue weighted by molar-refractivity contribution is 7.86. The normalized spacial score (nSPS) is 19.4. The standard InChI is InChI=1S/C20H26N4O4S2/c1-23(2)30(26,27)24-11-8-16-17(14-24)29-19(21-16)22-18(25)20(9-12-28-13-10-20)15-6-4-3-5-7-15/h3-7H,8-14H2,1-2H3,(H,21,22,25). The molecule has 1 amide bonds. The predicted octanol–water partition coefficient (Wildman–Crippen LogP) is 1.99. The van der Waals surface area contributed by atoms with E-state index >= 15 is 0 Å². The minimum absolute atomic E-state index is 0.0825. The molecule has 4 rings (SSSR count). The summed E-state index contributed by atoms with van der Waals surface area (Å²) in [4.78, 5) is 18.9. The monoisotopic (exact) mass is 450 g/mol. The molecule has 0 atom stereocenters. The number of hydrogen-bond acceptors (Lipinski definition) is 6. The van der Waals surface area contributed by atoms with Gasteiger partial charge in [0, 0.05) is 45.2 Å². The number of thiazole rings is 1. The summed E-state index contributed by atoms with van der Waals surface area (Å²) < 4.78 is 33.1. The van der Waals surface area contributed by atoms with Crippen molar-refractivity contribution in [2.75, 3.05) is 39.2 Å². The maximum absolute atomic E-state index is 13.4. The number of nitrogens with zero attached hydrogens (tertiary/aromatic N) is 3. The van der Waals surface area contributed by atoms with Crippen LogP contribution in [0.4, 0.5) is 5.13 Å². The zero-order chi connectivity index (χ0) is 21.4. The molecule has 2 aromatic rings. The Balaban J connectivity index is 1.55. The van der Waals surface area contributed by atoms with Gasteiger partial charge in [0.2, 0.25) is 5.91 Å². The van der Waals surface area contributed by atoms with Crippen LogP contribution in [0.2, 0.25) is 0 Å². The average molecular weight is 451 g/mol. The Morgan fingerprint density at radius 2 is 1.93 bits per heavy atom. The van der Waals surface area contributed by atoms with Crippen LogP contribution in [-0.4, -0.2) is 61.8 Å². The van der Waals surface area contributed by atoms with Crippen LogP contribution in [0.1, 0.15) is 29.0 Å². The van der Waals surface area contributed by atoms with Gasteiger partial charge in [-0.2, -0.15) is 17.0 Å². The van der Waals surface area contributed by atoms with Crippen LogP contribution in [0.5, 0.6) is 0 Å². The van der Waals surface area contributed by atoms with E-state index < -0.39 is 15.6 Å². The molecule has 0 unspecified atom stereocenters. The van der Waals surface area contributed by atoms with E-state index in [9.17, 15) is 13.2 Å². The molecule has 3 heterocycles. The number of carbonyl (C=O) groups is 1. The molecule has 0 bridgehead atoms. The summed E-state index contributed by atoms with van der Waals surface area (Å²) in [5, 5.41) is 3.54. The van der Waals surface area contributed by atoms with Crippen LogP contribution in [0.15, 0.2) is 30.3 Å². The van der Waals surface area contributed by atoms with Gasteiger partial charge in [-0.3, -0.25) is 4.79 Å². The van der Waals surface area contributed by atoms with Gasteiger partial charge in [-0.25, -0.2) is 4.98 Å². The molecular weight excluding hydrogens is 424 g/mol. The molecular formula is C20H26N4O4S2.